The fourth-order valence-corrected chi connectivity index (χ4v) is 4.56. The van der Waals surface area contributed by atoms with E-state index in [1.54, 1.807) is 23.1 Å². The van der Waals surface area contributed by atoms with Gasteiger partial charge in [-0.1, -0.05) is 18.2 Å². The fraction of sp³-hybridized carbons (Fsp3) is 0.478. The summed E-state index contributed by atoms with van der Waals surface area (Å²) in [5.41, 5.74) is 1.58. The smallest absolute Gasteiger partial charge is 0.254 e. The summed E-state index contributed by atoms with van der Waals surface area (Å²) in [4.78, 5) is 48.9. The molecule has 7 nitrogen and oxygen atoms in total. The zero-order chi connectivity index (χ0) is 21.5. The van der Waals surface area contributed by atoms with Crippen molar-refractivity contribution in [3.63, 3.8) is 0 Å². The van der Waals surface area contributed by atoms with Crippen molar-refractivity contribution >= 4 is 11.8 Å². The van der Waals surface area contributed by atoms with Crippen molar-refractivity contribution in [3.8, 4) is 0 Å². The van der Waals surface area contributed by atoms with Gasteiger partial charge in [-0.05, 0) is 37.3 Å². The van der Waals surface area contributed by atoms with E-state index in [0.29, 0.717) is 61.7 Å². The van der Waals surface area contributed by atoms with Gasteiger partial charge in [-0.25, -0.2) is 9.37 Å². The van der Waals surface area contributed by atoms with E-state index >= 15 is 0 Å². The summed E-state index contributed by atoms with van der Waals surface area (Å²) in [5.74, 6) is 0.307. The van der Waals surface area contributed by atoms with Crippen molar-refractivity contribution in [3.05, 3.63) is 63.1 Å². The minimum atomic E-state index is -0.377. The molecule has 3 heterocycles. The average Bonchev–Trinajstić information content (AvgIpc) is 3.50. The summed E-state index contributed by atoms with van der Waals surface area (Å²) in [6.45, 7) is 1.93. The fourth-order valence-electron chi connectivity index (χ4n) is 4.56. The number of aromatic nitrogens is 2. The van der Waals surface area contributed by atoms with Gasteiger partial charge in [-0.15, -0.1) is 0 Å². The maximum Gasteiger partial charge on any atom is 0.254 e. The Morgan fingerprint density at radius 1 is 1.13 bits per heavy atom. The van der Waals surface area contributed by atoms with Gasteiger partial charge in [-0.3, -0.25) is 14.4 Å². The van der Waals surface area contributed by atoms with Gasteiger partial charge in [0.05, 0.1) is 18.7 Å². The standard InChI is InChI=1S/C23H25FN4O3/c24-18-4-2-1-3-15(18)11-20(29)27-9-7-16(12-27)21-25-19-13-28(23(31)14-5-6-14)10-8-17(19)22(30)26-21/h1-4,14,16H,5-13H2,(H,25,26,30). The second-order valence-electron chi connectivity index (χ2n) is 8.75. The van der Waals surface area contributed by atoms with E-state index < -0.39 is 0 Å². The number of aromatic amines is 1. The molecular weight excluding hydrogens is 399 g/mol. The number of likely N-dealkylation sites (tertiary alicyclic amines) is 1. The SMILES string of the molecule is O=C(Cc1ccccc1F)N1CCC(c2nc3c(c(=O)[nH]2)CCN(C(=O)C2CC2)C3)C1. The molecule has 2 aliphatic heterocycles. The molecule has 1 aromatic carbocycles. The molecule has 162 valence electrons. The molecule has 2 amide bonds. The molecule has 0 spiro atoms. The van der Waals surface area contributed by atoms with Crippen molar-refractivity contribution in [2.75, 3.05) is 19.6 Å². The Labute approximate surface area is 179 Å². The zero-order valence-electron chi connectivity index (χ0n) is 17.3. The minimum absolute atomic E-state index is 0.0196. The third-order valence-corrected chi connectivity index (χ3v) is 6.56. The first kappa shape index (κ1) is 19.9. The highest BCUT2D eigenvalue weighted by Crippen LogP contribution is 2.32. The molecule has 1 atom stereocenters. The number of nitrogens with one attached hydrogen (secondary N) is 1. The van der Waals surface area contributed by atoms with E-state index in [0.717, 1.165) is 12.8 Å². The molecule has 1 saturated heterocycles. The molecule has 1 unspecified atom stereocenters. The Morgan fingerprint density at radius 2 is 1.94 bits per heavy atom. The van der Waals surface area contributed by atoms with Crippen LogP contribution >= 0.6 is 0 Å². The number of carbonyl (C=O) groups excluding carboxylic acids is 2. The van der Waals surface area contributed by atoms with Gasteiger partial charge in [0, 0.05) is 37.0 Å². The first-order valence-electron chi connectivity index (χ1n) is 10.9. The van der Waals surface area contributed by atoms with Gasteiger partial charge < -0.3 is 14.8 Å². The van der Waals surface area contributed by atoms with Crippen LogP contribution in [0, 0.1) is 11.7 Å². The van der Waals surface area contributed by atoms with Crippen molar-refractivity contribution < 1.29 is 14.0 Å². The van der Waals surface area contributed by atoms with Crippen LogP contribution in [-0.2, 0) is 29.0 Å². The Bertz CT molecular complexity index is 1090. The van der Waals surface area contributed by atoms with Crippen molar-refractivity contribution in [2.24, 2.45) is 5.92 Å². The van der Waals surface area contributed by atoms with Gasteiger partial charge in [0.25, 0.3) is 5.56 Å². The predicted octanol–water partition coefficient (Wildman–Crippen LogP) is 1.76. The number of benzene rings is 1. The number of halogens is 1. The minimum Gasteiger partial charge on any atom is -0.342 e. The molecule has 1 aliphatic carbocycles. The number of hydrogen-bond acceptors (Lipinski definition) is 4. The monoisotopic (exact) mass is 424 g/mol. The highest BCUT2D eigenvalue weighted by Gasteiger charge is 2.36. The number of hydrogen-bond donors (Lipinski definition) is 1. The van der Waals surface area contributed by atoms with Crippen LogP contribution in [0.3, 0.4) is 0 Å². The van der Waals surface area contributed by atoms with Gasteiger partial charge in [-0.2, -0.15) is 0 Å². The van der Waals surface area contributed by atoms with Gasteiger partial charge in [0.1, 0.15) is 11.6 Å². The summed E-state index contributed by atoms with van der Waals surface area (Å²) in [6, 6.07) is 6.30. The van der Waals surface area contributed by atoms with Crippen molar-refractivity contribution in [2.45, 2.75) is 44.6 Å². The second kappa shape index (κ2) is 7.90. The normalized spacial score (nSPS) is 20.6. The topological polar surface area (TPSA) is 86.4 Å². The van der Waals surface area contributed by atoms with Crippen LogP contribution < -0.4 is 5.56 Å². The number of amides is 2. The van der Waals surface area contributed by atoms with Crippen molar-refractivity contribution in [1.29, 1.82) is 0 Å². The lowest BCUT2D eigenvalue weighted by molar-refractivity contribution is -0.133. The lowest BCUT2D eigenvalue weighted by Crippen LogP contribution is -2.40. The van der Waals surface area contributed by atoms with E-state index in [4.69, 9.17) is 4.98 Å². The van der Waals surface area contributed by atoms with E-state index in [1.807, 2.05) is 4.90 Å². The number of H-pyrrole nitrogens is 1. The maximum absolute atomic E-state index is 13.9. The summed E-state index contributed by atoms with van der Waals surface area (Å²) in [5, 5.41) is 0. The first-order valence-corrected chi connectivity index (χ1v) is 10.9. The van der Waals surface area contributed by atoms with Crippen molar-refractivity contribution in [1.82, 2.24) is 19.8 Å². The molecular formula is C23H25FN4O3. The van der Waals surface area contributed by atoms with Gasteiger partial charge >= 0.3 is 0 Å². The Kier molecular flexibility index (Phi) is 5.08. The Morgan fingerprint density at radius 3 is 2.71 bits per heavy atom. The van der Waals surface area contributed by atoms with Crippen LogP contribution in [0.15, 0.2) is 29.1 Å². The Hall–Kier alpha value is -3.03. The molecule has 2 fully saturated rings. The molecule has 31 heavy (non-hydrogen) atoms. The number of carbonyl (C=O) groups is 2. The van der Waals surface area contributed by atoms with E-state index in [1.165, 1.54) is 6.07 Å². The summed E-state index contributed by atoms with van der Waals surface area (Å²) < 4.78 is 13.9. The lowest BCUT2D eigenvalue weighted by Gasteiger charge is -2.28. The molecule has 1 N–H and O–H groups in total. The van der Waals surface area contributed by atoms with Crippen LogP contribution in [0.1, 0.15) is 47.8 Å². The van der Waals surface area contributed by atoms with Gasteiger partial charge in [0.15, 0.2) is 0 Å². The van der Waals surface area contributed by atoms with Gasteiger partial charge in [0.2, 0.25) is 11.8 Å². The van der Waals surface area contributed by atoms with E-state index in [9.17, 15) is 18.8 Å². The molecule has 0 radical (unpaired) electrons. The predicted molar refractivity (Wildman–Crippen MR) is 111 cm³/mol. The molecule has 5 rings (SSSR count). The summed E-state index contributed by atoms with van der Waals surface area (Å²) in [7, 11) is 0. The lowest BCUT2D eigenvalue weighted by atomic mass is 10.0. The molecule has 3 aliphatic rings. The maximum atomic E-state index is 13.9. The third-order valence-electron chi connectivity index (χ3n) is 6.56. The second-order valence-corrected chi connectivity index (χ2v) is 8.75. The van der Waals surface area contributed by atoms with E-state index in [2.05, 4.69) is 4.98 Å². The molecule has 8 heteroatoms. The molecule has 1 aromatic heterocycles. The van der Waals surface area contributed by atoms with Crippen LogP contribution in [0.4, 0.5) is 4.39 Å². The highest BCUT2D eigenvalue weighted by atomic mass is 19.1. The van der Waals surface area contributed by atoms with E-state index in [-0.39, 0.29) is 41.4 Å². The largest absolute Gasteiger partial charge is 0.342 e. The third kappa shape index (κ3) is 3.98. The zero-order valence-corrected chi connectivity index (χ0v) is 17.3. The molecule has 0 bridgehead atoms. The number of fused-ring (bicyclic) bond motifs is 1. The first-order chi connectivity index (χ1) is 15.0. The summed E-state index contributed by atoms with van der Waals surface area (Å²) >= 11 is 0. The van der Waals surface area contributed by atoms with Crippen LogP contribution in [-0.4, -0.2) is 51.2 Å². The van der Waals surface area contributed by atoms with Crippen LogP contribution in [0.2, 0.25) is 0 Å². The highest BCUT2D eigenvalue weighted by molar-refractivity contribution is 5.81. The number of nitrogens with zero attached hydrogens (tertiary/aromatic N) is 3. The van der Waals surface area contributed by atoms with Crippen LogP contribution in [0.5, 0.6) is 0 Å². The van der Waals surface area contributed by atoms with Crippen LogP contribution in [0.25, 0.3) is 0 Å². The number of rotatable bonds is 4. The quantitative estimate of drug-likeness (QED) is 0.811. The molecule has 1 saturated carbocycles. The Balaban J connectivity index is 1.29. The summed E-state index contributed by atoms with van der Waals surface area (Å²) in [6.07, 6.45) is 3.14. The average molecular weight is 424 g/mol. The molecule has 2 aromatic rings.